The van der Waals surface area contributed by atoms with E-state index in [2.05, 4.69) is 15.1 Å². The summed E-state index contributed by atoms with van der Waals surface area (Å²) in [5, 5.41) is 13.2. The van der Waals surface area contributed by atoms with E-state index in [9.17, 15) is 5.11 Å². The van der Waals surface area contributed by atoms with Crippen molar-refractivity contribution in [2.75, 3.05) is 5.73 Å². The summed E-state index contributed by atoms with van der Waals surface area (Å²) in [6, 6.07) is 10.2. The molecule has 0 unspecified atom stereocenters. The number of phenolic OH excluding ortho intramolecular Hbond substituents is 1. The highest BCUT2D eigenvalue weighted by molar-refractivity contribution is 5.66. The molecule has 6 heteroatoms. The van der Waals surface area contributed by atoms with Crippen LogP contribution in [-0.2, 0) is 0 Å². The molecule has 2 heterocycles. The Morgan fingerprint density at radius 2 is 2.05 bits per heavy atom. The Morgan fingerprint density at radius 1 is 1.16 bits per heavy atom. The van der Waals surface area contributed by atoms with Gasteiger partial charge in [-0.25, -0.2) is 0 Å². The fraction of sp³-hybridized carbons (Fsp3) is 0. The number of nitrogens with two attached hydrogens (primary N) is 1. The number of benzene rings is 1. The van der Waals surface area contributed by atoms with Crippen LogP contribution >= 0.6 is 0 Å². The molecule has 1 aromatic carbocycles. The van der Waals surface area contributed by atoms with Crippen molar-refractivity contribution in [3.63, 3.8) is 0 Å². The number of aromatic hydroxyl groups is 1. The molecule has 0 spiro atoms. The first-order chi connectivity index (χ1) is 9.24. The molecule has 0 radical (unpaired) electrons. The van der Waals surface area contributed by atoms with Gasteiger partial charge in [-0.3, -0.25) is 4.98 Å². The maximum absolute atomic E-state index is 9.37. The smallest absolute Gasteiger partial charge is 0.258 e. The molecule has 0 bridgehead atoms. The van der Waals surface area contributed by atoms with Crippen molar-refractivity contribution >= 4 is 5.69 Å². The number of anilines is 1. The largest absolute Gasteiger partial charge is 0.506 e. The third-order valence-corrected chi connectivity index (χ3v) is 2.59. The van der Waals surface area contributed by atoms with Gasteiger partial charge in [0.15, 0.2) is 0 Å². The van der Waals surface area contributed by atoms with E-state index in [0.29, 0.717) is 23.0 Å². The van der Waals surface area contributed by atoms with E-state index >= 15 is 0 Å². The number of nitrogen functional groups attached to an aromatic ring is 1. The van der Waals surface area contributed by atoms with Crippen molar-refractivity contribution in [2.24, 2.45) is 0 Å². The van der Waals surface area contributed by atoms with Gasteiger partial charge in [-0.15, -0.1) is 0 Å². The number of nitrogens with zero attached hydrogens (tertiary/aromatic N) is 3. The summed E-state index contributed by atoms with van der Waals surface area (Å²) in [6.07, 6.45) is 1.66. The SMILES string of the molecule is Nc1cc(-c2nc(-c3ccccn3)no2)ccc1O. The molecule has 0 amide bonds. The van der Waals surface area contributed by atoms with Gasteiger partial charge in [0.05, 0.1) is 5.69 Å². The summed E-state index contributed by atoms with van der Waals surface area (Å²) >= 11 is 0. The molecule has 0 atom stereocenters. The lowest BCUT2D eigenvalue weighted by atomic mass is 10.2. The second kappa shape index (κ2) is 4.41. The summed E-state index contributed by atoms with van der Waals surface area (Å²) < 4.78 is 5.16. The maximum Gasteiger partial charge on any atom is 0.258 e. The van der Waals surface area contributed by atoms with Crippen LogP contribution in [0.2, 0.25) is 0 Å². The molecule has 0 aliphatic heterocycles. The van der Waals surface area contributed by atoms with E-state index in [0.717, 1.165) is 0 Å². The normalized spacial score (nSPS) is 10.5. The average molecular weight is 254 g/mol. The highest BCUT2D eigenvalue weighted by Gasteiger charge is 2.12. The molecule has 0 aliphatic rings. The Morgan fingerprint density at radius 3 is 2.79 bits per heavy atom. The minimum absolute atomic E-state index is 0.0215. The second-order valence-electron chi connectivity index (χ2n) is 3.91. The molecule has 6 nitrogen and oxygen atoms in total. The minimum Gasteiger partial charge on any atom is -0.506 e. The first kappa shape index (κ1) is 11.2. The summed E-state index contributed by atoms with van der Waals surface area (Å²) in [6.45, 7) is 0. The Labute approximate surface area is 108 Å². The average Bonchev–Trinajstić information content (AvgIpc) is 2.93. The van der Waals surface area contributed by atoms with Crippen LogP contribution in [0, 0.1) is 0 Å². The van der Waals surface area contributed by atoms with E-state index in [1.54, 1.807) is 24.4 Å². The van der Waals surface area contributed by atoms with Crippen LogP contribution in [0.4, 0.5) is 5.69 Å². The Bertz CT molecular complexity index is 710. The molecule has 3 rings (SSSR count). The standard InChI is InChI=1S/C13H10N4O2/c14-9-7-8(4-5-11(9)18)13-16-12(17-19-13)10-3-1-2-6-15-10/h1-7,18H,14H2. The third-order valence-electron chi connectivity index (χ3n) is 2.59. The molecule has 19 heavy (non-hydrogen) atoms. The zero-order valence-corrected chi connectivity index (χ0v) is 9.82. The van der Waals surface area contributed by atoms with Crippen molar-refractivity contribution in [1.29, 1.82) is 0 Å². The van der Waals surface area contributed by atoms with E-state index < -0.39 is 0 Å². The van der Waals surface area contributed by atoms with Crippen LogP contribution in [-0.4, -0.2) is 20.2 Å². The fourth-order valence-corrected chi connectivity index (χ4v) is 1.63. The summed E-state index contributed by atoms with van der Waals surface area (Å²) in [5.74, 6) is 0.753. The van der Waals surface area contributed by atoms with Gasteiger partial charge >= 0.3 is 0 Å². The van der Waals surface area contributed by atoms with Gasteiger partial charge in [-0.2, -0.15) is 4.98 Å². The highest BCUT2D eigenvalue weighted by atomic mass is 16.5. The van der Waals surface area contributed by atoms with Gasteiger partial charge in [-0.1, -0.05) is 11.2 Å². The molecular formula is C13H10N4O2. The minimum atomic E-state index is 0.0215. The molecular weight excluding hydrogens is 244 g/mol. The van der Waals surface area contributed by atoms with Crippen LogP contribution < -0.4 is 5.73 Å². The van der Waals surface area contributed by atoms with E-state index in [-0.39, 0.29) is 11.4 Å². The summed E-state index contributed by atoms with van der Waals surface area (Å²) in [4.78, 5) is 8.38. The molecule has 0 saturated heterocycles. The molecule has 0 fully saturated rings. The molecule has 0 aliphatic carbocycles. The quantitative estimate of drug-likeness (QED) is 0.536. The van der Waals surface area contributed by atoms with Crippen LogP contribution in [0.25, 0.3) is 23.0 Å². The Hall–Kier alpha value is -2.89. The molecule has 3 N–H and O–H groups in total. The first-order valence-electron chi connectivity index (χ1n) is 5.58. The molecule has 94 valence electrons. The van der Waals surface area contributed by atoms with Gasteiger partial charge < -0.3 is 15.4 Å². The van der Waals surface area contributed by atoms with Gasteiger partial charge in [0, 0.05) is 11.8 Å². The Kier molecular flexibility index (Phi) is 2.60. The number of phenols is 1. The second-order valence-corrected chi connectivity index (χ2v) is 3.91. The van der Waals surface area contributed by atoms with Crippen molar-refractivity contribution < 1.29 is 9.63 Å². The summed E-state index contributed by atoms with van der Waals surface area (Å²) in [5.41, 5.74) is 7.16. The topological polar surface area (TPSA) is 98.1 Å². The zero-order chi connectivity index (χ0) is 13.2. The predicted octanol–water partition coefficient (Wildman–Crippen LogP) is 2.09. The Balaban J connectivity index is 1.99. The van der Waals surface area contributed by atoms with Crippen LogP contribution in [0.3, 0.4) is 0 Å². The summed E-state index contributed by atoms with van der Waals surface area (Å²) in [7, 11) is 0. The van der Waals surface area contributed by atoms with Gasteiger partial charge in [0.1, 0.15) is 11.4 Å². The highest BCUT2D eigenvalue weighted by Crippen LogP contribution is 2.27. The van der Waals surface area contributed by atoms with Crippen molar-refractivity contribution in [2.45, 2.75) is 0 Å². The zero-order valence-electron chi connectivity index (χ0n) is 9.82. The monoisotopic (exact) mass is 254 g/mol. The number of aromatic nitrogens is 3. The predicted molar refractivity (Wildman–Crippen MR) is 69.0 cm³/mol. The lowest BCUT2D eigenvalue weighted by Gasteiger charge is -1.99. The van der Waals surface area contributed by atoms with Gasteiger partial charge in [-0.05, 0) is 30.3 Å². The number of hydrogen-bond acceptors (Lipinski definition) is 6. The lowest BCUT2D eigenvalue weighted by molar-refractivity contribution is 0.432. The lowest BCUT2D eigenvalue weighted by Crippen LogP contribution is -1.87. The third kappa shape index (κ3) is 2.11. The number of rotatable bonds is 2. The fourth-order valence-electron chi connectivity index (χ4n) is 1.63. The van der Waals surface area contributed by atoms with Crippen LogP contribution in [0.1, 0.15) is 0 Å². The molecule has 3 aromatic rings. The van der Waals surface area contributed by atoms with Gasteiger partial charge in [0.25, 0.3) is 5.89 Å². The van der Waals surface area contributed by atoms with Crippen LogP contribution in [0.5, 0.6) is 5.75 Å². The van der Waals surface area contributed by atoms with Gasteiger partial charge in [0.2, 0.25) is 5.82 Å². The van der Waals surface area contributed by atoms with Crippen molar-refractivity contribution in [3.05, 3.63) is 42.6 Å². The van der Waals surface area contributed by atoms with Crippen molar-refractivity contribution in [3.8, 4) is 28.7 Å². The van der Waals surface area contributed by atoms with E-state index in [4.69, 9.17) is 10.3 Å². The van der Waals surface area contributed by atoms with E-state index in [1.165, 1.54) is 6.07 Å². The van der Waals surface area contributed by atoms with Crippen molar-refractivity contribution in [1.82, 2.24) is 15.1 Å². The number of hydrogen-bond donors (Lipinski definition) is 2. The maximum atomic E-state index is 9.37. The first-order valence-corrected chi connectivity index (χ1v) is 5.58. The van der Waals surface area contributed by atoms with Crippen LogP contribution in [0.15, 0.2) is 47.1 Å². The van der Waals surface area contributed by atoms with E-state index in [1.807, 2.05) is 12.1 Å². The molecule has 0 saturated carbocycles. The number of pyridine rings is 1. The molecule has 2 aromatic heterocycles.